The highest BCUT2D eigenvalue weighted by molar-refractivity contribution is 7.99. The van der Waals surface area contributed by atoms with Gasteiger partial charge in [0.05, 0.1) is 5.69 Å². The fourth-order valence-electron chi connectivity index (χ4n) is 3.72. The Morgan fingerprint density at radius 2 is 1.62 bits per heavy atom. The molecule has 0 aliphatic carbocycles. The summed E-state index contributed by atoms with van der Waals surface area (Å²) in [5, 5.41) is 8.20. The molecule has 1 aromatic carbocycles. The van der Waals surface area contributed by atoms with E-state index in [4.69, 9.17) is 0 Å². The molecule has 0 atom stereocenters. The van der Waals surface area contributed by atoms with Crippen molar-refractivity contribution in [3.8, 4) is 0 Å². The molecule has 3 heterocycles. The highest BCUT2D eigenvalue weighted by Gasteiger charge is 2.13. The summed E-state index contributed by atoms with van der Waals surface area (Å²) >= 11 is 1.51. The number of hydrogen-bond acceptors (Lipinski definition) is 6. The van der Waals surface area contributed by atoms with Gasteiger partial charge in [0.1, 0.15) is 0 Å². The average Bonchev–Trinajstić information content (AvgIpc) is 3.09. The summed E-state index contributed by atoms with van der Waals surface area (Å²) in [5.74, 6) is -0.0291. The predicted octanol–water partition coefficient (Wildman–Crippen LogP) is 4.78. The van der Waals surface area contributed by atoms with Gasteiger partial charge in [-0.3, -0.25) is 4.79 Å². The third-order valence-electron chi connectivity index (χ3n) is 5.20. The van der Waals surface area contributed by atoms with Gasteiger partial charge in [-0.1, -0.05) is 0 Å². The maximum Gasteiger partial charge on any atom is 0.224 e. The third-order valence-corrected chi connectivity index (χ3v) is 6.07. The van der Waals surface area contributed by atoms with Crippen molar-refractivity contribution >= 4 is 29.0 Å². The van der Waals surface area contributed by atoms with Crippen LogP contribution in [-0.4, -0.2) is 30.5 Å². The molecule has 0 aliphatic rings. The van der Waals surface area contributed by atoms with Crippen molar-refractivity contribution in [2.24, 2.45) is 0 Å². The van der Waals surface area contributed by atoms with Crippen LogP contribution in [0.4, 0.5) is 5.69 Å². The summed E-state index contributed by atoms with van der Waals surface area (Å²) in [5.41, 5.74) is 7.48. The van der Waals surface area contributed by atoms with Gasteiger partial charge in [0.2, 0.25) is 5.91 Å². The highest BCUT2D eigenvalue weighted by Crippen LogP contribution is 2.26. The number of aryl methyl sites for hydroxylation is 5. The number of nitrogens with zero attached hydrogens (tertiary/aromatic N) is 5. The molecule has 4 rings (SSSR count). The lowest BCUT2D eigenvalue weighted by Crippen LogP contribution is -2.14. The van der Waals surface area contributed by atoms with E-state index in [0.717, 1.165) is 55.4 Å². The lowest BCUT2D eigenvalue weighted by molar-refractivity contribution is -0.116. The molecule has 8 heteroatoms. The molecule has 0 aliphatic heterocycles. The maximum absolute atomic E-state index is 12.5. The van der Waals surface area contributed by atoms with Gasteiger partial charge in [0.25, 0.3) is 0 Å². The van der Waals surface area contributed by atoms with Crippen LogP contribution >= 0.6 is 11.8 Å². The number of benzene rings is 1. The molecule has 0 unspecified atom stereocenters. The summed E-state index contributed by atoms with van der Waals surface area (Å²) in [4.78, 5) is 27.1. The summed E-state index contributed by atoms with van der Waals surface area (Å²) < 4.78 is 1.85. The quantitative estimate of drug-likeness (QED) is 0.429. The molecule has 0 bridgehead atoms. The lowest BCUT2D eigenvalue weighted by Gasteiger charge is -2.11. The van der Waals surface area contributed by atoms with E-state index in [0.29, 0.717) is 12.8 Å². The van der Waals surface area contributed by atoms with Crippen molar-refractivity contribution in [1.82, 2.24) is 24.6 Å². The zero-order valence-corrected chi connectivity index (χ0v) is 19.7. The molecule has 164 valence electrons. The SMILES string of the molecule is Cc1cc(C)nc(Sc2ccc(NC(=O)CCc3c(C)nc4cc(C)nn4c3C)cc2)n1. The molecule has 1 N–H and O–H groups in total. The molecule has 0 fully saturated rings. The van der Waals surface area contributed by atoms with Crippen LogP contribution in [0.15, 0.2) is 46.5 Å². The van der Waals surface area contributed by atoms with Crippen molar-refractivity contribution in [2.45, 2.75) is 57.5 Å². The predicted molar refractivity (Wildman–Crippen MR) is 126 cm³/mol. The lowest BCUT2D eigenvalue weighted by atomic mass is 10.1. The number of carbonyl (C=O) groups is 1. The number of amides is 1. The van der Waals surface area contributed by atoms with Crippen LogP contribution in [-0.2, 0) is 11.2 Å². The largest absolute Gasteiger partial charge is 0.326 e. The van der Waals surface area contributed by atoms with E-state index in [-0.39, 0.29) is 5.91 Å². The second-order valence-electron chi connectivity index (χ2n) is 7.92. The van der Waals surface area contributed by atoms with Crippen LogP contribution in [0.1, 0.15) is 40.5 Å². The van der Waals surface area contributed by atoms with E-state index in [1.807, 2.05) is 75.5 Å². The molecule has 0 saturated carbocycles. The first-order valence-corrected chi connectivity index (χ1v) is 11.3. The standard InChI is InChI=1S/C24H26N6OS/c1-14-12-15(2)26-24(25-14)32-20-8-6-19(7-9-20)28-23(31)11-10-21-17(4)27-22-13-16(3)29-30(22)18(21)5/h6-9,12-13H,10-11H2,1-5H3,(H,28,31). The minimum atomic E-state index is -0.0291. The van der Waals surface area contributed by atoms with Gasteiger partial charge < -0.3 is 5.32 Å². The Balaban J connectivity index is 1.38. The Kier molecular flexibility index (Phi) is 6.23. The molecular weight excluding hydrogens is 420 g/mol. The minimum absolute atomic E-state index is 0.0291. The van der Waals surface area contributed by atoms with Gasteiger partial charge in [-0.2, -0.15) is 5.10 Å². The normalized spacial score (nSPS) is 11.2. The Morgan fingerprint density at radius 3 is 2.31 bits per heavy atom. The number of carbonyl (C=O) groups excluding carboxylic acids is 1. The van der Waals surface area contributed by atoms with E-state index in [1.165, 1.54) is 11.8 Å². The minimum Gasteiger partial charge on any atom is -0.326 e. The van der Waals surface area contributed by atoms with Crippen molar-refractivity contribution in [2.75, 3.05) is 5.32 Å². The smallest absolute Gasteiger partial charge is 0.224 e. The molecule has 7 nitrogen and oxygen atoms in total. The Labute approximate surface area is 191 Å². The van der Waals surface area contributed by atoms with Gasteiger partial charge in [-0.15, -0.1) is 0 Å². The number of fused-ring (bicyclic) bond motifs is 1. The average molecular weight is 447 g/mol. The summed E-state index contributed by atoms with van der Waals surface area (Å²) in [7, 11) is 0. The molecular formula is C24H26N6OS. The Morgan fingerprint density at radius 1 is 0.938 bits per heavy atom. The van der Waals surface area contributed by atoms with Crippen LogP contribution in [0.25, 0.3) is 5.65 Å². The topological polar surface area (TPSA) is 85.1 Å². The van der Waals surface area contributed by atoms with Crippen LogP contribution in [0.2, 0.25) is 0 Å². The van der Waals surface area contributed by atoms with Crippen LogP contribution in [0, 0.1) is 34.6 Å². The number of aromatic nitrogens is 5. The number of hydrogen-bond donors (Lipinski definition) is 1. The van der Waals surface area contributed by atoms with Crippen LogP contribution in [0.3, 0.4) is 0 Å². The van der Waals surface area contributed by atoms with Crippen molar-refractivity contribution < 1.29 is 4.79 Å². The molecule has 0 saturated heterocycles. The molecule has 3 aromatic heterocycles. The van der Waals surface area contributed by atoms with Gasteiger partial charge in [0.15, 0.2) is 10.8 Å². The first kappa shape index (κ1) is 22.0. The number of nitrogens with one attached hydrogen (secondary N) is 1. The summed E-state index contributed by atoms with van der Waals surface area (Å²) in [6.07, 6.45) is 0.991. The van der Waals surface area contributed by atoms with Crippen LogP contribution in [0.5, 0.6) is 0 Å². The van der Waals surface area contributed by atoms with E-state index in [9.17, 15) is 4.79 Å². The number of rotatable bonds is 6. The second-order valence-corrected chi connectivity index (χ2v) is 8.97. The van der Waals surface area contributed by atoms with Crippen molar-refractivity contribution in [1.29, 1.82) is 0 Å². The fourth-order valence-corrected chi connectivity index (χ4v) is 4.58. The van der Waals surface area contributed by atoms with Crippen LogP contribution < -0.4 is 5.32 Å². The van der Waals surface area contributed by atoms with Crippen molar-refractivity contribution in [3.63, 3.8) is 0 Å². The highest BCUT2D eigenvalue weighted by atomic mass is 32.2. The van der Waals surface area contributed by atoms with E-state index in [2.05, 4.69) is 25.4 Å². The van der Waals surface area contributed by atoms with Gasteiger partial charge in [-0.25, -0.2) is 19.5 Å². The zero-order chi connectivity index (χ0) is 22.8. The molecule has 32 heavy (non-hydrogen) atoms. The molecule has 4 aromatic rings. The summed E-state index contributed by atoms with van der Waals surface area (Å²) in [6, 6.07) is 11.7. The second kappa shape index (κ2) is 9.08. The summed E-state index contributed by atoms with van der Waals surface area (Å²) in [6.45, 7) is 9.89. The maximum atomic E-state index is 12.5. The third kappa shape index (κ3) is 4.96. The van der Waals surface area contributed by atoms with E-state index in [1.54, 1.807) is 0 Å². The monoisotopic (exact) mass is 446 g/mol. The Bertz CT molecular complexity index is 1280. The first-order valence-electron chi connectivity index (χ1n) is 10.5. The van der Waals surface area contributed by atoms with Gasteiger partial charge >= 0.3 is 0 Å². The van der Waals surface area contributed by atoms with E-state index >= 15 is 0 Å². The number of anilines is 1. The van der Waals surface area contributed by atoms with Gasteiger partial charge in [0, 0.05) is 45.8 Å². The zero-order valence-electron chi connectivity index (χ0n) is 18.9. The fraction of sp³-hybridized carbons (Fsp3) is 0.292. The Hall–Kier alpha value is -3.26. The first-order chi connectivity index (χ1) is 15.3. The molecule has 0 radical (unpaired) electrons. The van der Waals surface area contributed by atoms with E-state index < -0.39 is 0 Å². The van der Waals surface area contributed by atoms with Crippen molar-refractivity contribution in [3.05, 3.63) is 70.4 Å². The van der Waals surface area contributed by atoms with Gasteiger partial charge in [-0.05, 0) is 88.7 Å². The molecule has 1 amide bonds. The molecule has 0 spiro atoms.